The minimum Gasteiger partial charge on any atom is -0.361 e. The molecule has 4 heteroatoms. The van der Waals surface area contributed by atoms with Gasteiger partial charge in [-0.3, -0.25) is 0 Å². The summed E-state index contributed by atoms with van der Waals surface area (Å²) in [7, 11) is 0. The predicted octanol–water partition coefficient (Wildman–Crippen LogP) is 2.75. The van der Waals surface area contributed by atoms with Crippen molar-refractivity contribution in [3.05, 3.63) is 29.3 Å². The fourth-order valence-electron chi connectivity index (χ4n) is 4.32. The predicted molar refractivity (Wildman–Crippen MR) is 65.5 cm³/mol. The average Bonchev–Trinajstić information content (AvgIpc) is 2.84. The SMILES string of the molecule is Clc1ccc(N2[C@@H]3[C@@H]4C[C@@H]([C@H]5N=N[C@@H]45)[C@@H]32)cc1. The van der Waals surface area contributed by atoms with E-state index in [0.29, 0.717) is 12.1 Å². The Morgan fingerprint density at radius 1 is 1.00 bits per heavy atom. The molecular weight excluding hydrogens is 234 g/mol. The highest BCUT2D eigenvalue weighted by molar-refractivity contribution is 6.30. The molecule has 1 aromatic rings. The molecule has 2 saturated carbocycles. The lowest BCUT2D eigenvalue weighted by Crippen LogP contribution is -2.39. The van der Waals surface area contributed by atoms with Crippen LogP contribution in [0.4, 0.5) is 5.69 Å². The summed E-state index contributed by atoms with van der Waals surface area (Å²) in [4.78, 5) is 2.55. The zero-order valence-electron chi connectivity index (χ0n) is 9.20. The first-order valence-corrected chi connectivity index (χ1v) is 6.66. The summed E-state index contributed by atoms with van der Waals surface area (Å²) in [6, 6.07) is 10.8. The van der Waals surface area contributed by atoms with Gasteiger partial charge in [0.2, 0.25) is 0 Å². The lowest BCUT2D eigenvalue weighted by Gasteiger charge is -2.27. The van der Waals surface area contributed by atoms with Crippen molar-refractivity contribution in [1.82, 2.24) is 0 Å². The second-order valence-electron chi connectivity index (χ2n) is 5.64. The number of hydrogen-bond donors (Lipinski definition) is 0. The normalized spacial score (nSPS) is 47.7. The van der Waals surface area contributed by atoms with Gasteiger partial charge >= 0.3 is 0 Å². The second kappa shape index (κ2) is 2.66. The fourth-order valence-corrected chi connectivity index (χ4v) is 4.45. The molecule has 6 atom stereocenters. The maximum Gasteiger partial charge on any atom is 0.100 e. The first-order valence-electron chi connectivity index (χ1n) is 6.28. The van der Waals surface area contributed by atoms with Gasteiger partial charge in [0.1, 0.15) is 12.1 Å². The molecule has 0 N–H and O–H groups in total. The third-order valence-electron chi connectivity index (χ3n) is 5.01. The Labute approximate surface area is 104 Å². The highest BCUT2D eigenvalue weighted by atomic mass is 35.5. The first-order chi connectivity index (χ1) is 8.34. The van der Waals surface area contributed by atoms with Crippen LogP contribution in [0.2, 0.25) is 5.02 Å². The van der Waals surface area contributed by atoms with E-state index in [1.165, 1.54) is 12.1 Å². The molecule has 0 aromatic heterocycles. The summed E-state index contributed by atoms with van der Waals surface area (Å²) in [5.74, 6) is 1.53. The number of anilines is 1. The van der Waals surface area contributed by atoms with Crippen molar-refractivity contribution in [1.29, 1.82) is 0 Å². The molecule has 0 amide bonds. The van der Waals surface area contributed by atoms with Crippen LogP contribution in [0, 0.1) is 11.8 Å². The van der Waals surface area contributed by atoms with Gasteiger partial charge in [-0.25, -0.2) is 0 Å². The van der Waals surface area contributed by atoms with Crippen LogP contribution in [0.1, 0.15) is 6.42 Å². The van der Waals surface area contributed by atoms with Crippen molar-refractivity contribution in [2.24, 2.45) is 22.1 Å². The van der Waals surface area contributed by atoms with Gasteiger partial charge in [-0.1, -0.05) is 11.6 Å². The Balaban J connectivity index is 1.49. The van der Waals surface area contributed by atoms with Crippen LogP contribution in [0.5, 0.6) is 0 Å². The largest absolute Gasteiger partial charge is 0.361 e. The number of azo groups is 1. The van der Waals surface area contributed by atoms with Gasteiger partial charge in [-0.15, -0.1) is 0 Å². The summed E-state index contributed by atoms with van der Waals surface area (Å²) in [6.45, 7) is 0. The van der Waals surface area contributed by atoms with Crippen molar-refractivity contribution in [3.63, 3.8) is 0 Å². The molecule has 2 bridgehead atoms. The molecule has 2 aliphatic heterocycles. The van der Waals surface area contributed by atoms with Crippen LogP contribution in [-0.2, 0) is 0 Å². The molecular formula is C13H12ClN3. The van der Waals surface area contributed by atoms with Crippen molar-refractivity contribution in [2.45, 2.75) is 30.6 Å². The standard InChI is InChI=1S/C13H12ClN3/c14-6-1-3-7(4-2-6)17-12-8-5-9(13(12)17)11-10(8)15-16-11/h1-4,8-13H,5H2/t8-,9+,10+,11-,12-,13+,17?. The summed E-state index contributed by atoms with van der Waals surface area (Å²) in [6.07, 6.45) is 1.35. The smallest absolute Gasteiger partial charge is 0.100 e. The van der Waals surface area contributed by atoms with Crippen molar-refractivity contribution < 1.29 is 0 Å². The van der Waals surface area contributed by atoms with Gasteiger partial charge < -0.3 is 4.90 Å². The van der Waals surface area contributed by atoms with Gasteiger partial charge in [0.05, 0.1) is 12.1 Å². The molecule has 3 fully saturated rings. The monoisotopic (exact) mass is 245 g/mol. The number of hydrogen-bond acceptors (Lipinski definition) is 3. The topological polar surface area (TPSA) is 27.7 Å². The molecule has 17 heavy (non-hydrogen) atoms. The van der Waals surface area contributed by atoms with Gasteiger partial charge in [0.15, 0.2) is 0 Å². The number of halogens is 1. The van der Waals surface area contributed by atoms with E-state index in [1.807, 2.05) is 12.1 Å². The van der Waals surface area contributed by atoms with E-state index in [2.05, 4.69) is 27.3 Å². The van der Waals surface area contributed by atoms with E-state index in [1.54, 1.807) is 0 Å². The van der Waals surface area contributed by atoms with Crippen LogP contribution in [0.15, 0.2) is 34.5 Å². The number of fused-ring (bicyclic) bond motifs is 8. The molecule has 0 radical (unpaired) electrons. The Morgan fingerprint density at radius 3 is 2.12 bits per heavy atom. The highest BCUT2D eigenvalue weighted by Gasteiger charge is 2.72. The van der Waals surface area contributed by atoms with Crippen LogP contribution in [0.3, 0.4) is 0 Å². The van der Waals surface area contributed by atoms with Crippen LogP contribution in [0.25, 0.3) is 0 Å². The number of benzene rings is 1. The van der Waals surface area contributed by atoms with E-state index < -0.39 is 0 Å². The molecule has 1 saturated heterocycles. The lowest BCUT2D eigenvalue weighted by molar-refractivity contribution is 0.315. The molecule has 1 aromatic carbocycles. The molecule has 5 rings (SSSR count). The van der Waals surface area contributed by atoms with Crippen LogP contribution >= 0.6 is 11.6 Å². The number of piperidine rings is 1. The molecule has 3 nitrogen and oxygen atoms in total. The maximum absolute atomic E-state index is 5.93. The second-order valence-corrected chi connectivity index (χ2v) is 6.08. The molecule has 2 heterocycles. The van der Waals surface area contributed by atoms with Gasteiger partial charge in [0.25, 0.3) is 0 Å². The summed E-state index contributed by atoms with van der Waals surface area (Å²) < 4.78 is 0. The van der Waals surface area contributed by atoms with Crippen molar-refractivity contribution >= 4 is 17.3 Å². The Hall–Kier alpha value is -1.09. The molecule has 0 unspecified atom stereocenters. The first kappa shape index (κ1) is 8.92. The van der Waals surface area contributed by atoms with Crippen LogP contribution in [-0.4, -0.2) is 24.2 Å². The summed E-state index contributed by atoms with van der Waals surface area (Å²) in [5.41, 5.74) is 1.32. The van der Waals surface area contributed by atoms with Gasteiger partial charge in [-0.05, 0) is 30.7 Å². The molecule has 2 aliphatic carbocycles. The van der Waals surface area contributed by atoms with Gasteiger partial charge in [0, 0.05) is 22.5 Å². The Bertz CT molecular complexity index is 502. The van der Waals surface area contributed by atoms with E-state index in [4.69, 9.17) is 11.6 Å². The molecule has 86 valence electrons. The number of rotatable bonds is 1. The summed E-state index contributed by atoms with van der Waals surface area (Å²) in [5, 5.41) is 9.43. The third kappa shape index (κ3) is 0.922. The Morgan fingerprint density at radius 2 is 1.59 bits per heavy atom. The Kier molecular flexibility index (Phi) is 1.40. The van der Waals surface area contributed by atoms with E-state index in [9.17, 15) is 0 Å². The minimum absolute atomic E-state index is 0.554. The van der Waals surface area contributed by atoms with Gasteiger partial charge in [-0.2, -0.15) is 10.2 Å². The van der Waals surface area contributed by atoms with Crippen LogP contribution < -0.4 is 4.90 Å². The number of nitrogens with zero attached hydrogens (tertiary/aromatic N) is 3. The molecule has 4 aliphatic rings. The average molecular weight is 246 g/mol. The van der Waals surface area contributed by atoms with E-state index in [0.717, 1.165) is 28.9 Å². The maximum atomic E-state index is 5.93. The zero-order valence-corrected chi connectivity index (χ0v) is 9.96. The van der Waals surface area contributed by atoms with Crippen molar-refractivity contribution in [2.75, 3.05) is 4.90 Å². The zero-order chi connectivity index (χ0) is 11.1. The fraction of sp³-hybridized carbons (Fsp3) is 0.538. The third-order valence-corrected chi connectivity index (χ3v) is 5.26. The minimum atomic E-state index is 0.554. The van der Waals surface area contributed by atoms with E-state index >= 15 is 0 Å². The summed E-state index contributed by atoms with van der Waals surface area (Å²) >= 11 is 5.93. The van der Waals surface area contributed by atoms with Crippen molar-refractivity contribution in [3.8, 4) is 0 Å². The van der Waals surface area contributed by atoms with E-state index in [-0.39, 0.29) is 0 Å². The lowest BCUT2D eigenvalue weighted by atomic mass is 9.90. The highest BCUT2D eigenvalue weighted by Crippen LogP contribution is 2.63. The molecule has 0 spiro atoms. The quantitative estimate of drug-likeness (QED) is 0.699.